The van der Waals surface area contributed by atoms with Crippen molar-refractivity contribution in [2.75, 3.05) is 0 Å². The van der Waals surface area contributed by atoms with Gasteiger partial charge in [0, 0.05) is 11.8 Å². The Morgan fingerprint density at radius 2 is 1.81 bits per heavy atom. The van der Waals surface area contributed by atoms with E-state index in [0.29, 0.717) is 0 Å². The minimum Gasteiger partial charge on any atom is -0.299 e. The number of aromatic nitrogens is 2. The topological polar surface area (TPSA) is 17.3 Å². The molecule has 3 aromatic rings. The third kappa shape index (κ3) is 1.44. The lowest BCUT2D eigenvalue weighted by Gasteiger charge is -2.01. The number of pyridine rings is 1. The lowest BCUT2D eigenvalue weighted by atomic mass is 10.2. The molecule has 0 saturated heterocycles. The smallest absolute Gasteiger partial charge is 0.151 e. The predicted molar refractivity (Wildman–Crippen MR) is 68.3 cm³/mol. The molecule has 3 rings (SSSR count). The van der Waals surface area contributed by atoms with Crippen LogP contribution in [0.15, 0.2) is 59.3 Å². The highest BCUT2D eigenvalue weighted by Crippen LogP contribution is 2.24. The predicted octanol–water partition coefficient (Wildman–Crippen LogP) is 3.76. The maximum absolute atomic E-state index is 4.41. The van der Waals surface area contributed by atoms with Crippen LogP contribution in [-0.4, -0.2) is 9.38 Å². The van der Waals surface area contributed by atoms with Crippen LogP contribution >= 0.6 is 15.9 Å². The van der Waals surface area contributed by atoms with Crippen LogP contribution in [0.1, 0.15) is 0 Å². The van der Waals surface area contributed by atoms with E-state index in [1.54, 1.807) is 0 Å². The summed E-state index contributed by atoms with van der Waals surface area (Å²) < 4.78 is 3.09. The minimum absolute atomic E-state index is 0.946. The van der Waals surface area contributed by atoms with E-state index in [9.17, 15) is 0 Å². The lowest BCUT2D eigenvalue weighted by molar-refractivity contribution is 1.18. The molecule has 0 fully saturated rings. The average molecular weight is 273 g/mol. The molecule has 1 aromatic carbocycles. The Hall–Kier alpha value is -1.61. The number of hydrogen-bond acceptors (Lipinski definition) is 1. The van der Waals surface area contributed by atoms with Gasteiger partial charge in [-0.15, -0.1) is 0 Å². The quantitative estimate of drug-likeness (QED) is 0.659. The second kappa shape index (κ2) is 3.76. The van der Waals surface area contributed by atoms with Gasteiger partial charge in [0.2, 0.25) is 0 Å². The SMILES string of the molecule is Brc1cccn2c(-c3ccccc3)cnc12. The highest BCUT2D eigenvalue weighted by atomic mass is 79.9. The van der Waals surface area contributed by atoms with Crippen LogP contribution < -0.4 is 0 Å². The molecule has 0 spiro atoms. The van der Waals surface area contributed by atoms with Gasteiger partial charge in [-0.25, -0.2) is 4.98 Å². The maximum Gasteiger partial charge on any atom is 0.151 e. The van der Waals surface area contributed by atoms with Gasteiger partial charge in [-0.3, -0.25) is 4.40 Å². The Kier molecular flexibility index (Phi) is 2.26. The summed E-state index contributed by atoms with van der Waals surface area (Å²) in [5.41, 5.74) is 3.23. The fourth-order valence-electron chi connectivity index (χ4n) is 1.80. The number of halogens is 1. The van der Waals surface area contributed by atoms with Crippen LogP contribution in [0.4, 0.5) is 0 Å². The van der Waals surface area contributed by atoms with Crippen molar-refractivity contribution in [3.8, 4) is 11.3 Å². The van der Waals surface area contributed by atoms with E-state index in [2.05, 4.69) is 37.4 Å². The molecule has 0 bridgehead atoms. The third-order valence-corrected chi connectivity index (χ3v) is 3.18. The number of nitrogens with zero attached hydrogens (tertiary/aromatic N) is 2. The zero-order valence-corrected chi connectivity index (χ0v) is 10.1. The highest BCUT2D eigenvalue weighted by molar-refractivity contribution is 9.10. The van der Waals surface area contributed by atoms with Crippen molar-refractivity contribution < 1.29 is 0 Å². The van der Waals surface area contributed by atoms with E-state index < -0.39 is 0 Å². The first-order valence-electron chi connectivity index (χ1n) is 5.03. The van der Waals surface area contributed by atoms with Crippen LogP contribution in [0.25, 0.3) is 16.9 Å². The Bertz CT molecular complexity index is 629. The summed E-state index contributed by atoms with van der Waals surface area (Å²) in [6.45, 7) is 0. The van der Waals surface area contributed by atoms with Gasteiger partial charge in [0.05, 0.1) is 16.4 Å². The Morgan fingerprint density at radius 3 is 2.62 bits per heavy atom. The summed E-state index contributed by atoms with van der Waals surface area (Å²) in [6.07, 6.45) is 3.92. The molecule has 2 aromatic heterocycles. The largest absolute Gasteiger partial charge is 0.299 e. The van der Waals surface area contributed by atoms with Gasteiger partial charge in [0.25, 0.3) is 0 Å². The summed E-state index contributed by atoms with van der Waals surface area (Å²) >= 11 is 3.50. The van der Waals surface area contributed by atoms with Gasteiger partial charge in [-0.2, -0.15) is 0 Å². The normalized spacial score (nSPS) is 10.8. The van der Waals surface area contributed by atoms with E-state index in [1.807, 2.05) is 42.7 Å². The minimum atomic E-state index is 0.946. The first-order valence-corrected chi connectivity index (χ1v) is 5.82. The summed E-state index contributed by atoms with van der Waals surface area (Å²) in [7, 11) is 0. The van der Waals surface area contributed by atoms with Gasteiger partial charge >= 0.3 is 0 Å². The molecule has 0 radical (unpaired) electrons. The van der Waals surface area contributed by atoms with E-state index in [-0.39, 0.29) is 0 Å². The number of fused-ring (bicyclic) bond motifs is 1. The summed E-state index contributed by atoms with van der Waals surface area (Å²) in [6, 6.07) is 14.3. The van der Waals surface area contributed by atoms with Crippen LogP contribution in [0.3, 0.4) is 0 Å². The van der Waals surface area contributed by atoms with Gasteiger partial charge in [-0.1, -0.05) is 30.3 Å². The van der Waals surface area contributed by atoms with Gasteiger partial charge in [0.15, 0.2) is 5.65 Å². The first kappa shape index (κ1) is 9.60. The molecule has 0 atom stereocenters. The van der Waals surface area contributed by atoms with Crippen molar-refractivity contribution in [2.24, 2.45) is 0 Å². The molecule has 2 nitrogen and oxygen atoms in total. The molecule has 0 aliphatic rings. The fourth-order valence-corrected chi connectivity index (χ4v) is 2.25. The van der Waals surface area contributed by atoms with E-state index >= 15 is 0 Å². The maximum atomic E-state index is 4.41. The molecule has 0 unspecified atom stereocenters. The number of imidazole rings is 1. The molecule has 3 heteroatoms. The summed E-state index contributed by atoms with van der Waals surface area (Å²) in [5.74, 6) is 0. The monoisotopic (exact) mass is 272 g/mol. The Labute approximate surface area is 102 Å². The second-order valence-electron chi connectivity index (χ2n) is 3.56. The average Bonchev–Trinajstić information content (AvgIpc) is 2.75. The standard InChI is InChI=1S/C13H9BrN2/c14-11-7-4-8-16-12(9-15-13(11)16)10-5-2-1-3-6-10/h1-9H. The van der Waals surface area contributed by atoms with Crippen molar-refractivity contribution >= 4 is 21.6 Å². The van der Waals surface area contributed by atoms with Gasteiger partial charge in [-0.05, 0) is 28.1 Å². The first-order chi connectivity index (χ1) is 7.86. The van der Waals surface area contributed by atoms with Gasteiger partial charge in [0.1, 0.15) is 0 Å². The molecule has 78 valence electrons. The second-order valence-corrected chi connectivity index (χ2v) is 4.41. The van der Waals surface area contributed by atoms with Crippen molar-refractivity contribution in [3.63, 3.8) is 0 Å². The molecule has 0 amide bonds. The molecular weight excluding hydrogens is 264 g/mol. The molecule has 0 N–H and O–H groups in total. The van der Waals surface area contributed by atoms with E-state index in [0.717, 1.165) is 15.8 Å². The summed E-state index contributed by atoms with van der Waals surface area (Å²) in [5, 5.41) is 0. The van der Waals surface area contributed by atoms with Crippen molar-refractivity contribution in [1.82, 2.24) is 9.38 Å². The highest BCUT2D eigenvalue weighted by Gasteiger charge is 2.06. The van der Waals surface area contributed by atoms with Crippen molar-refractivity contribution in [3.05, 3.63) is 59.3 Å². The van der Waals surface area contributed by atoms with E-state index in [4.69, 9.17) is 0 Å². The molecule has 0 aliphatic heterocycles. The van der Waals surface area contributed by atoms with E-state index in [1.165, 1.54) is 5.56 Å². The van der Waals surface area contributed by atoms with Crippen LogP contribution in [0, 0.1) is 0 Å². The number of hydrogen-bond donors (Lipinski definition) is 0. The zero-order chi connectivity index (χ0) is 11.0. The van der Waals surface area contributed by atoms with Crippen LogP contribution in [-0.2, 0) is 0 Å². The number of benzene rings is 1. The molecule has 0 saturated carbocycles. The van der Waals surface area contributed by atoms with Crippen molar-refractivity contribution in [1.29, 1.82) is 0 Å². The lowest BCUT2D eigenvalue weighted by Crippen LogP contribution is -1.87. The van der Waals surface area contributed by atoms with Crippen LogP contribution in [0.5, 0.6) is 0 Å². The van der Waals surface area contributed by atoms with Gasteiger partial charge < -0.3 is 0 Å². The summed E-state index contributed by atoms with van der Waals surface area (Å²) in [4.78, 5) is 4.41. The molecule has 0 aliphatic carbocycles. The zero-order valence-electron chi connectivity index (χ0n) is 8.47. The third-order valence-electron chi connectivity index (χ3n) is 2.56. The Morgan fingerprint density at radius 1 is 1.00 bits per heavy atom. The van der Waals surface area contributed by atoms with Crippen LogP contribution in [0.2, 0.25) is 0 Å². The van der Waals surface area contributed by atoms with Crippen molar-refractivity contribution in [2.45, 2.75) is 0 Å². The Balaban J connectivity index is 2.30. The number of rotatable bonds is 1. The molecule has 2 heterocycles. The molecular formula is C13H9BrN2. The molecule has 16 heavy (non-hydrogen) atoms. The fraction of sp³-hybridized carbons (Fsp3) is 0.